The quantitative estimate of drug-likeness (QED) is 0.520. The Morgan fingerprint density at radius 2 is 1.85 bits per heavy atom. The van der Waals surface area contributed by atoms with Crippen LogP contribution in [0.2, 0.25) is 5.02 Å². The van der Waals surface area contributed by atoms with Gasteiger partial charge in [-0.15, -0.1) is 0 Å². The summed E-state index contributed by atoms with van der Waals surface area (Å²) in [6.07, 6.45) is 1.12. The Balaban J connectivity index is 1.74. The fourth-order valence-electron chi connectivity index (χ4n) is 3.16. The Labute approximate surface area is 166 Å². The van der Waals surface area contributed by atoms with Crippen LogP contribution in [0.25, 0.3) is 10.8 Å². The normalized spacial score (nSPS) is 11.3. The highest BCUT2D eigenvalue weighted by molar-refractivity contribution is 6.30. The fourth-order valence-corrected chi connectivity index (χ4v) is 3.37. The Kier molecular flexibility index (Phi) is 7.11. The van der Waals surface area contributed by atoms with Gasteiger partial charge in [0.2, 0.25) is 0 Å². The van der Waals surface area contributed by atoms with Crippen molar-refractivity contribution in [3.63, 3.8) is 0 Å². The van der Waals surface area contributed by atoms with Crippen LogP contribution in [-0.2, 0) is 13.2 Å². The van der Waals surface area contributed by atoms with Gasteiger partial charge in [-0.2, -0.15) is 0 Å². The van der Waals surface area contributed by atoms with E-state index in [2.05, 4.69) is 60.7 Å². The molecule has 0 saturated carbocycles. The Morgan fingerprint density at radius 1 is 1.00 bits per heavy atom. The highest BCUT2D eigenvalue weighted by Gasteiger charge is 2.09. The van der Waals surface area contributed by atoms with Gasteiger partial charge in [0.25, 0.3) is 0 Å². The van der Waals surface area contributed by atoms with E-state index in [-0.39, 0.29) is 0 Å². The fraction of sp³-hybridized carbons (Fsp3) is 0.304. The van der Waals surface area contributed by atoms with E-state index in [9.17, 15) is 0 Å². The van der Waals surface area contributed by atoms with Gasteiger partial charge in [0.1, 0.15) is 12.4 Å². The second-order valence-electron chi connectivity index (χ2n) is 7.02. The molecule has 0 amide bonds. The van der Waals surface area contributed by atoms with Crippen LogP contribution in [-0.4, -0.2) is 32.1 Å². The van der Waals surface area contributed by atoms with Gasteiger partial charge in [-0.3, -0.25) is 0 Å². The average molecular weight is 383 g/mol. The number of nitrogens with one attached hydrogen (secondary N) is 1. The molecule has 0 aliphatic rings. The molecule has 3 aromatic carbocycles. The van der Waals surface area contributed by atoms with Gasteiger partial charge in [0.15, 0.2) is 0 Å². The van der Waals surface area contributed by atoms with Crippen LogP contribution >= 0.6 is 11.6 Å². The summed E-state index contributed by atoms with van der Waals surface area (Å²) in [5.74, 6) is 0.925. The SMILES string of the molecule is CN(C)CCCNCc1c(OCc2cccc(Cl)c2)ccc2ccccc12. The van der Waals surface area contributed by atoms with Crippen molar-refractivity contribution in [1.82, 2.24) is 10.2 Å². The number of benzene rings is 3. The Bertz CT molecular complexity index is 879. The van der Waals surface area contributed by atoms with E-state index in [0.29, 0.717) is 6.61 Å². The van der Waals surface area contributed by atoms with Crippen molar-refractivity contribution < 1.29 is 4.74 Å². The molecule has 0 atom stereocenters. The molecule has 3 nitrogen and oxygen atoms in total. The maximum atomic E-state index is 6.17. The zero-order valence-electron chi connectivity index (χ0n) is 16.0. The van der Waals surface area contributed by atoms with Crippen molar-refractivity contribution in [2.75, 3.05) is 27.2 Å². The minimum atomic E-state index is 0.506. The van der Waals surface area contributed by atoms with Gasteiger partial charge in [-0.05, 0) is 68.1 Å². The Hall–Kier alpha value is -2.07. The number of fused-ring (bicyclic) bond motifs is 1. The van der Waals surface area contributed by atoms with E-state index in [4.69, 9.17) is 16.3 Å². The van der Waals surface area contributed by atoms with Crippen molar-refractivity contribution >= 4 is 22.4 Å². The highest BCUT2D eigenvalue weighted by Crippen LogP contribution is 2.29. The minimum absolute atomic E-state index is 0.506. The van der Waals surface area contributed by atoms with E-state index in [1.807, 2.05) is 24.3 Å². The first-order chi connectivity index (χ1) is 13.1. The van der Waals surface area contributed by atoms with Crippen LogP contribution in [0.1, 0.15) is 17.5 Å². The molecule has 0 fully saturated rings. The molecule has 0 saturated heterocycles. The monoisotopic (exact) mass is 382 g/mol. The van der Waals surface area contributed by atoms with Crippen LogP contribution in [0.4, 0.5) is 0 Å². The lowest BCUT2D eigenvalue weighted by molar-refractivity contribution is 0.302. The molecule has 0 aliphatic heterocycles. The first-order valence-electron chi connectivity index (χ1n) is 9.37. The molecule has 3 aromatic rings. The van der Waals surface area contributed by atoms with Crippen molar-refractivity contribution in [3.05, 3.63) is 76.8 Å². The minimum Gasteiger partial charge on any atom is -0.489 e. The third-order valence-electron chi connectivity index (χ3n) is 4.54. The summed E-state index contributed by atoms with van der Waals surface area (Å²) in [4.78, 5) is 2.21. The predicted molar refractivity (Wildman–Crippen MR) is 115 cm³/mol. The molecule has 0 bridgehead atoms. The smallest absolute Gasteiger partial charge is 0.124 e. The van der Waals surface area contributed by atoms with Crippen molar-refractivity contribution in [2.45, 2.75) is 19.6 Å². The third-order valence-corrected chi connectivity index (χ3v) is 4.78. The topological polar surface area (TPSA) is 24.5 Å². The molecule has 0 radical (unpaired) electrons. The number of ether oxygens (including phenoxy) is 1. The Morgan fingerprint density at radius 3 is 2.67 bits per heavy atom. The predicted octanol–water partition coefficient (Wildman–Crippen LogP) is 5.11. The van der Waals surface area contributed by atoms with Crippen LogP contribution in [0, 0.1) is 0 Å². The maximum Gasteiger partial charge on any atom is 0.124 e. The first kappa shape index (κ1) is 19.7. The van der Waals surface area contributed by atoms with Crippen molar-refractivity contribution in [3.8, 4) is 5.75 Å². The van der Waals surface area contributed by atoms with E-state index in [0.717, 1.165) is 42.4 Å². The summed E-state index contributed by atoms with van der Waals surface area (Å²) < 4.78 is 6.17. The summed E-state index contributed by atoms with van der Waals surface area (Å²) in [6.45, 7) is 3.36. The molecule has 0 heterocycles. The van der Waals surface area contributed by atoms with Gasteiger partial charge in [-0.25, -0.2) is 0 Å². The zero-order valence-corrected chi connectivity index (χ0v) is 16.8. The van der Waals surface area contributed by atoms with Crippen LogP contribution in [0.3, 0.4) is 0 Å². The molecule has 27 heavy (non-hydrogen) atoms. The van der Waals surface area contributed by atoms with Gasteiger partial charge in [0.05, 0.1) is 0 Å². The molecule has 0 aliphatic carbocycles. The maximum absolute atomic E-state index is 6.17. The molecule has 4 heteroatoms. The summed E-state index contributed by atoms with van der Waals surface area (Å²) in [7, 11) is 4.21. The van der Waals surface area contributed by atoms with Gasteiger partial charge in [-0.1, -0.05) is 54.1 Å². The molecule has 1 N–H and O–H groups in total. The zero-order chi connectivity index (χ0) is 19.1. The molecular weight excluding hydrogens is 356 g/mol. The molecule has 0 unspecified atom stereocenters. The number of hydrogen-bond acceptors (Lipinski definition) is 3. The number of hydrogen-bond donors (Lipinski definition) is 1. The van der Waals surface area contributed by atoms with Crippen LogP contribution in [0.5, 0.6) is 5.75 Å². The second kappa shape index (κ2) is 9.75. The number of rotatable bonds is 9. The lowest BCUT2D eigenvalue weighted by Gasteiger charge is -2.16. The number of halogens is 1. The van der Waals surface area contributed by atoms with Gasteiger partial charge < -0.3 is 15.0 Å². The van der Waals surface area contributed by atoms with Crippen LogP contribution < -0.4 is 10.1 Å². The number of nitrogens with zero attached hydrogens (tertiary/aromatic N) is 1. The standard InChI is InChI=1S/C23H27ClN2O/c1-26(2)14-6-13-25-16-22-21-10-4-3-8-19(21)11-12-23(22)27-17-18-7-5-9-20(24)15-18/h3-5,7-12,15,25H,6,13-14,16-17H2,1-2H3. The average Bonchev–Trinajstić information content (AvgIpc) is 2.66. The van der Waals surface area contributed by atoms with E-state index >= 15 is 0 Å². The summed E-state index contributed by atoms with van der Waals surface area (Å²) in [5, 5.41) is 6.77. The molecule has 3 rings (SSSR count). The van der Waals surface area contributed by atoms with Crippen molar-refractivity contribution in [2.24, 2.45) is 0 Å². The summed E-state index contributed by atoms with van der Waals surface area (Å²) in [5.41, 5.74) is 2.28. The van der Waals surface area contributed by atoms with Crippen molar-refractivity contribution in [1.29, 1.82) is 0 Å². The molecular formula is C23H27ClN2O. The van der Waals surface area contributed by atoms with E-state index in [1.165, 1.54) is 16.3 Å². The summed E-state index contributed by atoms with van der Waals surface area (Å²) in [6, 6.07) is 20.5. The second-order valence-corrected chi connectivity index (χ2v) is 7.45. The lowest BCUT2D eigenvalue weighted by Crippen LogP contribution is -2.21. The lowest BCUT2D eigenvalue weighted by atomic mass is 10.0. The van der Waals surface area contributed by atoms with E-state index < -0.39 is 0 Å². The highest BCUT2D eigenvalue weighted by atomic mass is 35.5. The third kappa shape index (κ3) is 5.70. The van der Waals surface area contributed by atoms with Crippen LogP contribution in [0.15, 0.2) is 60.7 Å². The van der Waals surface area contributed by atoms with Gasteiger partial charge >= 0.3 is 0 Å². The molecule has 0 aromatic heterocycles. The molecule has 142 valence electrons. The van der Waals surface area contributed by atoms with Gasteiger partial charge in [0, 0.05) is 17.1 Å². The van der Waals surface area contributed by atoms with E-state index in [1.54, 1.807) is 0 Å². The summed E-state index contributed by atoms with van der Waals surface area (Å²) >= 11 is 6.09. The largest absolute Gasteiger partial charge is 0.489 e. The first-order valence-corrected chi connectivity index (χ1v) is 9.74. The molecule has 0 spiro atoms.